The minimum atomic E-state index is -0.0327. The van der Waals surface area contributed by atoms with Crippen molar-refractivity contribution in [3.05, 3.63) is 18.1 Å². The highest BCUT2D eigenvalue weighted by Gasteiger charge is 2.08. The highest BCUT2D eigenvalue weighted by Crippen LogP contribution is 2.09. The predicted octanol–water partition coefficient (Wildman–Crippen LogP) is 0.349. The molecule has 0 aliphatic carbocycles. The Labute approximate surface area is 113 Å². The summed E-state index contributed by atoms with van der Waals surface area (Å²) in [5.74, 6) is 0.769. The summed E-state index contributed by atoms with van der Waals surface area (Å²) in [7, 11) is 4.11. The minimum absolute atomic E-state index is 0.0327. The lowest BCUT2D eigenvalue weighted by Gasteiger charge is -2.22. The molecule has 19 heavy (non-hydrogen) atoms. The van der Waals surface area contributed by atoms with Crippen molar-refractivity contribution in [2.45, 2.75) is 13.3 Å². The molecule has 0 aromatic carbocycles. The SMILES string of the molecule is CCN(CCCN(C)C)c1cnc(C(N)=NO)cn1. The molecule has 0 bridgehead atoms. The van der Waals surface area contributed by atoms with Crippen LogP contribution >= 0.6 is 0 Å². The molecule has 0 aliphatic rings. The van der Waals surface area contributed by atoms with E-state index in [2.05, 4.69) is 45.9 Å². The van der Waals surface area contributed by atoms with Crippen molar-refractivity contribution < 1.29 is 5.21 Å². The second kappa shape index (κ2) is 7.52. The predicted molar refractivity (Wildman–Crippen MR) is 75.6 cm³/mol. The number of aromatic nitrogens is 2. The smallest absolute Gasteiger partial charge is 0.190 e. The Hall–Kier alpha value is -1.89. The number of nitrogens with zero attached hydrogens (tertiary/aromatic N) is 5. The lowest BCUT2D eigenvalue weighted by atomic mass is 10.3. The number of amidine groups is 1. The van der Waals surface area contributed by atoms with E-state index in [4.69, 9.17) is 10.9 Å². The fourth-order valence-corrected chi connectivity index (χ4v) is 1.68. The maximum atomic E-state index is 8.56. The third-order valence-corrected chi connectivity index (χ3v) is 2.75. The van der Waals surface area contributed by atoms with Gasteiger partial charge in [0.15, 0.2) is 5.84 Å². The molecular formula is C12H22N6O. The van der Waals surface area contributed by atoms with Gasteiger partial charge in [0.2, 0.25) is 0 Å². The van der Waals surface area contributed by atoms with Gasteiger partial charge in [-0.2, -0.15) is 0 Å². The molecule has 0 radical (unpaired) electrons. The van der Waals surface area contributed by atoms with Crippen molar-refractivity contribution in [1.82, 2.24) is 14.9 Å². The van der Waals surface area contributed by atoms with E-state index < -0.39 is 0 Å². The van der Waals surface area contributed by atoms with Gasteiger partial charge < -0.3 is 20.7 Å². The van der Waals surface area contributed by atoms with Gasteiger partial charge in [-0.3, -0.25) is 0 Å². The van der Waals surface area contributed by atoms with Gasteiger partial charge in [0.05, 0.1) is 12.4 Å². The monoisotopic (exact) mass is 266 g/mol. The van der Waals surface area contributed by atoms with E-state index in [0.29, 0.717) is 5.69 Å². The molecule has 1 heterocycles. The van der Waals surface area contributed by atoms with E-state index in [1.165, 1.54) is 6.20 Å². The highest BCUT2D eigenvalue weighted by molar-refractivity contribution is 5.94. The second-order valence-electron chi connectivity index (χ2n) is 4.48. The Kier molecular flexibility index (Phi) is 6.01. The van der Waals surface area contributed by atoms with E-state index in [0.717, 1.165) is 31.9 Å². The Bertz CT molecular complexity index is 403. The molecular weight excluding hydrogens is 244 g/mol. The summed E-state index contributed by atoms with van der Waals surface area (Å²) in [6.07, 6.45) is 4.22. The van der Waals surface area contributed by atoms with Crippen LogP contribution in [0, 0.1) is 0 Å². The van der Waals surface area contributed by atoms with Gasteiger partial charge in [0.25, 0.3) is 0 Å². The van der Waals surface area contributed by atoms with E-state index >= 15 is 0 Å². The van der Waals surface area contributed by atoms with Crippen molar-refractivity contribution in [2.24, 2.45) is 10.9 Å². The van der Waals surface area contributed by atoms with Crippen molar-refractivity contribution in [2.75, 3.05) is 38.6 Å². The van der Waals surface area contributed by atoms with Crippen LogP contribution in [0.15, 0.2) is 17.5 Å². The zero-order valence-electron chi connectivity index (χ0n) is 11.7. The molecule has 3 N–H and O–H groups in total. The fourth-order valence-electron chi connectivity index (χ4n) is 1.68. The zero-order valence-corrected chi connectivity index (χ0v) is 11.7. The van der Waals surface area contributed by atoms with Crippen molar-refractivity contribution in [1.29, 1.82) is 0 Å². The molecule has 0 aliphatic heterocycles. The second-order valence-corrected chi connectivity index (χ2v) is 4.48. The molecule has 1 aromatic rings. The molecule has 1 rings (SSSR count). The number of oxime groups is 1. The molecule has 106 valence electrons. The van der Waals surface area contributed by atoms with Gasteiger partial charge in [0, 0.05) is 13.1 Å². The third kappa shape index (κ3) is 4.70. The molecule has 0 saturated heterocycles. The molecule has 0 saturated carbocycles. The lowest BCUT2D eigenvalue weighted by Crippen LogP contribution is -2.28. The van der Waals surface area contributed by atoms with Gasteiger partial charge in [-0.05, 0) is 34.0 Å². The minimum Gasteiger partial charge on any atom is -0.409 e. The number of hydrogen-bond acceptors (Lipinski definition) is 6. The number of anilines is 1. The molecule has 0 unspecified atom stereocenters. The average Bonchev–Trinajstić information content (AvgIpc) is 2.43. The van der Waals surface area contributed by atoms with Gasteiger partial charge in [-0.15, -0.1) is 0 Å². The normalized spacial score (nSPS) is 11.9. The molecule has 1 aromatic heterocycles. The number of hydrogen-bond donors (Lipinski definition) is 2. The maximum Gasteiger partial charge on any atom is 0.190 e. The standard InChI is InChI=1S/C12H22N6O/c1-4-18(7-5-6-17(2)3)11-9-14-10(8-15-11)12(13)16-19/h8-9,19H,4-7H2,1-3H3,(H2,13,16). The van der Waals surface area contributed by atoms with E-state index in [1.54, 1.807) is 6.20 Å². The van der Waals surface area contributed by atoms with Crippen molar-refractivity contribution in [3.63, 3.8) is 0 Å². The maximum absolute atomic E-state index is 8.56. The highest BCUT2D eigenvalue weighted by atomic mass is 16.4. The van der Waals surface area contributed by atoms with Crippen molar-refractivity contribution >= 4 is 11.7 Å². The Morgan fingerprint density at radius 1 is 1.32 bits per heavy atom. The van der Waals surface area contributed by atoms with Crippen LogP contribution in [0.3, 0.4) is 0 Å². The zero-order chi connectivity index (χ0) is 14.3. The first-order valence-corrected chi connectivity index (χ1v) is 6.28. The largest absolute Gasteiger partial charge is 0.409 e. The van der Waals surface area contributed by atoms with Crippen molar-refractivity contribution in [3.8, 4) is 0 Å². The van der Waals surface area contributed by atoms with Crippen LogP contribution < -0.4 is 10.6 Å². The molecule has 0 spiro atoms. The van der Waals surface area contributed by atoms with Crippen LogP contribution in [0.4, 0.5) is 5.82 Å². The summed E-state index contributed by atoms with van der Waals surface area (Å²) in [6.45, 7) is 4.90. The summed E-state index contributed by atoms with van der Waals surface area (Å²) in [5.41, 5.74) is 5.82. The van der Waals surface area contributed by atoms with Crippen LogP contribution in [-0.2, 0) is 0 Å². The Balaban J connectivity index is 2.66. The first-order valence-electron chi connectivity index (χ1n) is 6.28. The number of rotatable bonds is 7. The summed E-state index contributed by atoms with van der Waals surface area (Å²) in [4.78, 5) is 12.7. The first-order chi connectivity index (χ1) is 9.08. The van der Waals surface area contributed by atoms with Gasteiger partial charge in [-0.25, -0.2) is 9.97 Å². The quantitative estimate of drug-likeness (QED) is 0.320. The van der Waals surface area contributed by atoms with E-state index in [1.807, 2.05) is 0 Å². The number of nitrogens with two attached hydrogens (primary N) is 1. The van der Waals surface area contributed by atoms with Crippen LogP contribution in [0.25, 0.3) is 0 Å². The van der Waals surface area contributed by atoms with Gasteiger partial charge in [0.1, 0.15) is 11.5 Å². The molecule has 7 heteroatoms. The molecule has 0 atom stereocenters. The average molecular weight is 266 g/mol. The summed E-state index contributed by atoms with van der Waals surface area (Å²) >= 11 is 0. The van der Waals surface area contributed by atoms with E-state index in [9.17, 15) is 0 Å². The summed E-state index contributed by atoms with van der Waals surface area (Å²) < 4.78 is 0. The van der Waals surface area contributed by atoms with Gasteiger partial charge in [-0.1, -0.05) is 5.16 Å². The summed E-state index contributed by atoms with van der Waals surface area (Å²) in [5, 5.41) is 11.5. The fraction of sp³-hybridized carbons (Fsp3) is 0.583. The van der Waals surface area contributed by atoms with Crippen LogP contribution in [0.1, 0.15) is 19.0 Å². The van der Waals surface area contributed by atoms with Crippen LogP contribution in [0.2, 0.25) is 0 Å². The first kappa shape index (κ1) is 15.2. The van der Waals surface area contributed by atoms with E-state index in [-0.39, 0.29) is 5.84 Å². The van der Waals surface area contributed by atoms with Crippen LogP contribution in [-0.4, -0.2) is 59.6 Å². The van der Waals surface area contributed by atoms with Gasteiger partial charge >= 0.3 is 0 Å². The third-order valence-electron chi connectivity index (χ3n) is 2.75. The lowest BCUT2D eigenvalue weighted by molar-refractivity contribution is 0.318. The Morgan fingerprint density at radius 3 is 2.53 bits per heavy atom. The molecule has 0 amide bonds. The topological polar surface area (TPSA) is 90.9 Å². The molecule has 7 nitrogen and oxygen atoms in total. The Morgan fingerprint density at radius 2 is 2.05 bits per heavy atom. The molecule has 0 fully saturated rings. The summed E-state index contributed by atoms with van der Waals surface area (Å²) in [6, 6.07) is 0. The van der Waals surface area contributed by atoms with Crippen LogP contribution in [0.5, 0.6) is 0 Å².